The topological polar surface area (TPSA) is 84.5 Å². The first kappa shape index (κ1) is 19.6. The van der Waals surface area contributed by atoms with Crippen molar-refractivity contribution in [3.8, 4) is 5.75 Å². The summed E-state index contributed by atoms with van der Waals surface area (Å²) in [5.41, 5.74) is 0.304. The van der Waals surface area contributed by atoms with Gasteiger partial charge in [-0.25, -0.2) is 17.5 Å². The van der Waals surface area contributed by atoms with E-state index in [-0.39, 0.29) is 36.2 Å². The summed E-state index contributed by atoms with van der Waals surface area (Å²) >= 11 is 0. The first-order valence-corrected chi connectivity index (χ1v) is 9.28. The van der Waals surface area contributed by atoms with E-state index in [1.807, 2.05) is 0 Å². The molecule has 0 fully saturated rings. The molecule has 26 heavy (non-hydrogen) atoms. The number of para-hydroxylation sites is 1. The molecule has 0 heterocycles. The van der Waals surface area contributed by atoms with Gasteiger partial charge in [0, 0.05) is 12.1 Å². The third-order valence-corrected chi connectivity index (χ3v) is 4.77. The summed E-state index contributed by atoms with van der Waals surface area (Å²) in [7, 11) is -3.63. The molecule has 0 aromatic heterocycles. The van der Waals surface area contributed by atoms with E-state index >= 15 is 0 Å². The van der Waals surface area contributed by atoms with E-state index in [4.69, 9.17) is 4.74 Å². The molecule has 0 spiro atoms. The van der Waals surface area contributed by atoms with Gasteiger partial charge >= 0.3 is 0 Å². The largest absolute Gasteiger partial charge is 0.489 e. The average Bonchev–Trinajstić information content (AvgIpc) is 2.65. The number of benzene rings is 2. The Balaban J connectivity index is 1.86. The zero-order valence-electron chi connectivity index (χ0n) is 13.9. The maximum Gasteiger partial charge on any atom is 0.251 e. The van der Waals surface area contributed by atoms with Gasteiger partial charge in [0.25, 0.3) is 5.91 Å². The smallest absolute Gasteiger partial charge is 0.251 e. The highest BCUT2D eigenvalue weighted by atomic mass is 32.2. The Hall–Kier alpha value is -2.71. The van der Waals surface area contributed by atoms with Crippen molar-refractivity contribution in [2.24, 2.45) is 0 Å². The molecule has 2 N–H and O–H groups in total. The van der Waals surface area contributed by atoms with Crippen LogP contribution in [0.25, 0.3) is 0 Å². The number of sulfonamides is 1. The maximum absolute atomic E-state index is 13.4. The molecule has 0 radical (unpaired) electrons. The summed E-state index contributed by atoms with van der Waals surface area (Å²) in [4.78, 5) is 12.1. The number of hydrogen-bond donors (Lipinski definition) is 2. The Morgan fingerprint density at radius 2 is 1.85 bits per heavy atom. The number of nitrogens with one attached hydrogen (secondary N) is 2. The van der Waals surface area contributed by atoms with E-state index in [9.17, 15) is 17.6 Å². The summed E-state index contributed by atoms with van der Waals surface area (Å²) in [6, 6.07) is 11.5. The minimum absolute atomic E-state index is 0.0544. The number of amides is 1. The van der Waals surface area contributed by atoms with Crippen LogP contribution in [-0.2, 0) is 10.0 Å². The van der Waals surface area contributed by atoms with Crippen LogP contribution < -0.4 is 14.8 Å². The lowest BCUT2D eigenvalue weighted by molar-refractivity contribution is 0.0946. The van der Waals surface area contributed by atoms with Crippen LogP contribution in [0.1, 0.15) is 10.4 Å². The Bertz CT molecular complexity index is 867. The third-order valence-electron chi connectivity index (χ3n) is 3.33. The molecule has 0 aliphatic heterocycles. The minimum Gasteiger partial charge on any atom is -0.489 e. The lowest BCUT2D eigenvalue weighted by Crippen LogP contribution is -2.28. The number of carbonyl (C=O) groups is 1. The van der Waals surface area contributed by atoms with E-state index < -0.39 is 15.8 Å². The van der Waals surface area contributed by atoms with Crippen molar-refractivity contribution < 1.29 is 22.3 Å². The van der Waals surface area contributed by atoms with E-state index in [0.29, 0.717) is 5.56 Å². The second-order valence-electron chi connectivity index (χ2n) is 5.20. The molecular weight excluding hydrogens is 359 g/mol. The Labute approximate surface area is 151 Å². The predicted molar refractivity (Wildman–Crippen MR) is 96.1 cm³/mol. The molecule has 2 aromatic rings. The van der Waals surface area contributed by atoms with Crippen molar-refractivity contribution in [1.29, 1.82) is 0 Å². The summed E-state index contributed by atoms with van der Waals surface area (Å²) in [5.74, 6) is -0.742. The predicted octanol–water partition coefficient (Wildman–Crippen LogP) is 2.10. The van der Waals surface area contributed by atoms with Gasteiger partial charge in [0.05, 0.1) is 11.4 Å². The second kappa shape index (κ2) is 9.12. The molecule has 0 atom stereocenters. The van der Waals surface area contributed by atoms with Crippen LogP contribution >= 0.6 is 0 Å². The van der Waals surface area contributed by atoms with E-state index in [1.165, 1.54) is 42.5 Å². The van der Waals surface area contributed by atoms with Gasteiger partial charge in [0.2, 0.25) is 10.0 Å². The molecular formula is C18H19FN2O4S. The van der Waals surface area contributed by atoms with Gasteiger partial charge in [0.15, 0.2) is 11.6 Å². The molecule has 2 aromatic carbocycles. The minimum atomic E-state index is -3.63. The summed E-state index contributed by atoms with van der Waals surface area (Å²) < 4.78 is 44.8. The Morgan fingerprint density at radius 1 is 1.15 bits per heavy atom. The SMILES string of the molecule is C=CCNS(=O)(=O)c1ccc(C(=O)NCCOc2ccccc2F)cc1. The molecule has 0 saturated carbocycles. The van der Waals surface area contributed by atoms with E-state index in [0.717, 1.165) is 0 Å². The highest BCUT2D eigenvalue weighted by Crippen LogP contribution is 2.15. The van der Waals surface area contributed by atoms with Crippen LogP contribution in [0.3, 0.4) is 0 Å². The quantitative estimate of drug-likeness (QED) is 0.517. The fourth-order valence-corrected chi connectivity index (χ4v) is 3.03. The van der Waals surface area contributed by atoms with Gasteiger partial charge in [-0.2, -0.15) is 0 Å². The molecule has 0 saturated heterocycles. The number of carbonyl (C=O) groups excluding carboxylic acids is 1. The van der Waals surface area contributed by atoms with Crippen LogP contribution in [0.4, 0.5) is 4.39 Å². The standard InChI is InChI=1S/C18H19FN2O4S/c1-2-11-21-26(23,24)15-9-7-14(8-10-15)18(22)20-12-13-25-17-6-4-3-5-16(17)19/h2-10,21H,1,11-13H2,(H,20,22). The van der Waals surface area contributed by atoms with Crippen LogP contribution in [-0.4, -0.2) is 34.0 Å². The first-order chi connectivity index (χ1) is 12.4. The monoisotopic (exact) mass is 378 g/mol. The van der Waals surface area contributed by atoms with Crippen molar-refractivity contribution in [3.63, 3.8) is 0 Å². The highest BCUT2D eigenvalue weighted by Gasteiger charge is 2.13. The number of rotatable bonds is 9. The number of ether oxygens (including phenoxy) is 1. The Kier molecular flexibility index (Phi) is 6.88. The fourth-order valence-electron chi connectivity index (χ4n) is 2.03. The number of hydrogen-bond acceptors (Lipinski definition) is 4. The van der Waals surface area contributed by atoms with Crippen molar-refractivity contribution in [2.45, 2.75) is 4.90 Å². The number of halogens is 1. The molecule has 138 valence electrons. The molecule has 2 rings (SSSR count). The molecule has 0 bridgehead atoms. The lowest BCUT2D eigenvalue weighted by atomic mass is 10.2. The summed E-state index contributed by atoms with van der Waals surface area (Å²) in [5, 5.41) is 2.62. The van der Waals surface area contributed by atoms with Gasteiger partial charge < -0.3 is 10.1 Å². The van der Waals surface area contributed by atoms with Gasteiger partial charge in [-0.3, -0.25) is 4.79 Å². The Morgan fingerprint density at radius 3 is 2.50 bits per heavy atom. The maximum atomic E-state index is 13.4. The van der Waals surface area contributed by atoms with Gasteiger partial charge in [0.1, 0.15) is 6.61 Å². The van der Waals surface area contributed by atoms with Crippen LogP contribution in [0.15, 0.2) is 66.1 Å². The lowest BCUT2D eigenvalue weighted by Gasteiger charge is -2.09. The molecule has 0 aliphatic rings. The van der Waals surface area contributed by atoms with Crippen molar-refractivity contribution in [3.05, 3.63) is 72.6 Å². The van der Waals surface area contributed by atoms with Gasteiger partial charge in [-0.15, -0.1) is 6.58 Å². The van der Waals surface area contributed by atoms with Crippen LogP contribution in [0.5, 0.6) is 5.75 Å². The second-order valence-corrected chi connectivity index (χ2v) is 6.97. The zero-order valence-corrected chi connectivity index (χ0v) is 14.8. The van der Waals surface area contributed by atoms with Gasteiger partial charge in [-0.05, 0) is 36.4 Å². The van der Waals surface area contributed by atoms with Gasteiger partial charge in [-0.1, -0.05) is 18.2 Å². The molecule has 0 aliphatic carbocycles. The van der Waals surface area contributed by atoms with Crippen LogP contribution in [0, 0.1) is 5.82 Å². The zero-order chi connectivity index (χ0) is 19.0. The highest BCUT2D eigenvalue weighted by molar-refractivity contribution is 7.89. The summed E-state index contributed by atoms with van der Waals surface area (Å²) in [6.45, 7) is 3.84. The fraction of sp³-hybridized carbons (Fsp3) is 0.167. The normalized spacial score (nSPS) is 11.0. The van der Waals surface area contributed by atoms with E-state index in [2.05, 4.69) is 16.6 Å². The molecule has 0 unspecified atom stereocenters. The van der Waals surface area contributed by atoms with Crippen molar-refractivity contribution in [2.75, 3.05) is 19.7 Å². The summed E-state index contributed by atoms with van der Waals surface area (Å²) in [6.07, 6.45) is 1.43. The van der Waals surface area contributed by atoms with E-state index in [1.54, 1.807) is 12.1 Å². The third kappa shape index (κ3) is 5.40. The molecule has 1 amide bonds. The molecule has 6 nitrogen and oxygen atoms in total. The van der Waals surface area contributed by atoms with Crippen molar-refractivity contribution >= 4 is 15.9 Å². The molecule has 8 heteroatoms. The van der Waals surface area contributed by atoms with Crippen LogP contribution in [0.2, 0.25) is 0 Å². The van der Waals surface area contributed by atoms with Crippen molar-refractivity contribution in [1.82, 2.24) is 10.0 Å². The average molecular weight is 378 g/mol. The first-order valence-electron chi connectivity index (χ1n) is 7.80.